The number of nitrogens with two attached hydrogens (primary N) is 2. The van der Waals surface area contributed by atoms with Gasteiger partial charge in [0.2, 0.25) is 0 Å². The number of halogens is 2. The minimum Gasteiger partial charge on any atom is -0.508 e. The second kappa shape index (κ2) is 10.9. The van der Waals surface area contributed by atoms with Crippen molar-refractivity contribution in [1.29, 1.82) is 0 Å². The molecule has 8 heteroatoms. The van der Waals surface area contributed by atoms with E-state index in [4.69, 9.17) is 11.5 Å². The number of carbonyl (C=O) groups is 1. The highest BCUT2D eigenvalue weighted by atomic mass is 35.5. The third-order valence-corrected chi connectivity index (χ3v) is 4.37. The highest BCUT2D eigenvalue weighted by Gasteiger charge is 2.11. The van der Waals surface area contributed by atoms with Crippen molar-refractivity contribution in [3.05, 3.63) is 54.2 Å². The topological polar surface area (TPSA) is 117 Å². The molecule has 6 nitrogen and oxygen atoms in total. The Labute approximate surface area is 176 Å². The zero-order chi connectivity index (χ0) is 18.5. The molecule has 0 aliphatic rings. The predicted molar refractivity (Wildman–Crippen MR) is 118 cm³/mol. The fourth-order valence-electron chi connectivity index (χ4n) is 2.88. The number of phenolic OH excluding ortho intramolecular Hbond substituents is 1. The van der Waals surface area contributed by atoms with E-state index in [1.807, 2.05) is 36.4 Å². The zero-order valence-corrected chi connectivity index (χ0v) is 17.0. The highest BCUT2D eigenvalue weighted by Crippen LogP contribution is 2.26. The molecule has 1 unspecified atom stereocenters. The van der Waals surface area contributed by atoms with Crippen LogP contribution in [-0.4, -0.2) is 35.1 Å². The molecule has 28 heavy (non-hydrogen) atoms. The number of aromatic nitrogens is 1. The SMILES string of the molecule is Cl.Cl.NCCCC(N)CNC(=O)c1cc2ccc(-c3ccc(O)cc3)cc2[nH]1. The van der Waals surface area contributed by atoms with Gasteiger partial charge in [0.15, 0.2) is 0 Å². The average molecular weight is 425 g/mol. The quantitative estimate of drug-likeness (QED) is 0.400. The molecule has 0 aliphatic heterocycles. The molecule has 0 fully saturated rings. The van der Waals surface area contributed by atoms with Crippen LogP contribution in [0.3, 0.4) is 0 Å². The molecule has 1 atom stereocenters. The molecule has 0 saturated carbocycles. The maximum Gasteiger partial charge on any atom is 0.267 e. The summed E-state index contributed by atoms with van der Waals surface area (Å²) in [5, 5.41) is 13.2. The lowest BCUT2D eigenvalue weighted by molar-refractivity contribution is 0.0946. The lowest BCUT2D eigenvalue weighted by Crippen LogP contribution is -2.37. The maximum atomic E-state index is 12.3. The highest BCUT2D eigenvalue weighted by molar-refractivity contribution is 5.98. The summed E-state index contributed by atoms with van der Waals surface area (Å²) in [5.41, 5.74) is 14.8. The van der Waals surface area contributed by atoms with Gasteiger partial charge < -0.3 is 26.9 Å². The number of fused-ring (bicyclic) bond motifs is 1. The first kappa shape index (κ1) is 23.8. The van der Waals surface area contributed by atoms with Gasteiger partial charge in [-0.15, -0.1) is 24.8 Å². The van der Waals surface area contributed by atoms with E-state index in [1.165, 1.54) is 0 Å². The number of hydrogen-bond donors (Lipinski definition) is 5. The Balaban J connectivity index is 0.00000196. The molecule has 0 saturated heterocycles. The normalized spacial score (nSPS) is 11.4. The number of rotatable bonds is 7. The van der Waals surface area contributed by atoms with Crippen molar-refractivity contribution in [2.75, 3.05) is 13.1 Å². The first-order valence-corrected chi connectivity index (χ1v) is 8.73. The van der Waals surface area contributed by atoms with E-state index < -0.39 is 0 Å². The molecule has 7 N–H and O–H groups in total. The molecule has 1 heterocycles. The molecule has 1 amide bonds. The van der Waals surface area contributed by atoms with Crippen LogP contribution in [0.1, 0.15) is 23.3 Å². The van der Waals surface area contributed by atoms with E-state index in [9.17, 15) is 9.90 Å². The lowest BCUT2D eigenvalue weighted by atomic mass is 10.0. The van der Waals surface area contributed by atoms with Crippen LogP contribution in [0, 0.1) is 0 Å². The van der Waals surface area contributed by atoms with Crippen LogP contribution >= 0.6 is 24.8 Å². The number of aromatic amines is 1. The molecule has 0 aliphatic carbocycles. The summed E-state index contributed by atoms with van der Waals surface area (Å²) < 4.78 is 0. The van der Waals surface area contributed by atoms with Gasteiger partial charge in [-0.05, 0) is 54.8 Å². The Morgan fingerprint density at radius 2 is 1.75 bits per heavy atom. The molecule has 0 spiro atoms. The van der Waals surface area contributed by atoms with Crippen LogP contribution in [0.4, 0.5) is 0 Å². The van der Waals surface area contributed by atoms with E-state index in [2.05, 4.69) is 10.3 Å². The minimum absolute atomic E-state index is 0. The van der Waals surface area contributed by atoms with Gasteiger partial charge >= 0.3 is 0 Å². The number of aromatic hydroxyl groups is 1. The molecular weight excluding hydrogens is 399 g/mol. The molecule has 3 aromatic rings. The van der Waals surface area contributed by atoms with E-state index >= 15 is 0 Å². The van der Waals surface area contributed by atoms with Gasteiger partial charge in [0.25, 0.3) is 5.91 Å². The van der Waals surface area contributed by atoms with Crippen molar-refractivity contribution >= 4 is 41.6 Å². The maximum absolute atomic E-state index is 12.3. The first-order valence-electron chi connectivity index (χ1n) is 8.73. The van der Waals surface area contributed by atoms with Gasteiger partial charge in [-0.2, -0.15) is 0 Å². The smallest absolute Gasteiger partial charge is 0.267 e. The molecule has 0 radical (unpaired) electrons. The van der Waals surface area contributed by atoms with E-state index in [0.717, 1.165) is 34.9 Å². The van der Waals surface area contributed by atoms with E-state index in [-0.39, 0.29) is 42.5 Å². The number of H-pyrrole nitrogens is 1. The summed E-state index contributed by atoms with van der Waals surface area (Å²) in [6.45, 7) is 1.03. The predicted octanol–water partition coefficient (Wildman–Crippen LogP) is 3.18. The van der Waals surface area contributed by atoms with Crippen LogP contribution in [0.2, 0.25) is 0 Å². The minimum atomic E-state index is -0.171. The summed E-state index contributed by atoms with van der Waals surface area (Å²) in [7, 11) is 0. The van der Waals surface area contributed by atoms with Gasteiger partial charge in [0, 0.05) is 23.5 Å². The molecule has 2 aromatic carbocycles. The van der Waals surface area contributed by atoms with Crippen molar-refractivity contribution in [1.82, 2.24) is 10.3 Å². The summed E-state index contributed by atoms with van der Waals surface area (Å²) >= 11 is 0. The van der Waals surface area contributed by atoms with E-state index in [0.29, 0.717) is 18.8 Å². The van der Waals surface area contributed by atoms with Crippen LogP contribution in [0.25, 0.3) is 22.0 Å². The van der Waals surface area contributed by atoms with Crippen LogP contribution < -0.4 is 16.8 Å². The van der Waals surface area contributed by atoms with Crippen molar-refractivity contribution in [3.63, 3.8) is 0 Å². The van der Waals surface area contributed by atoms with Gasteiger partial charge in [0.1, 0.15) is 11.4 Å². The average Bonchev–Trinajstić information content (AvgIpc) is 3.08. The number of hydrogen-bond acceptors (Lipinski definition) is 4. The van der Waals surface area contributed by atoms with Crippen molar-refractivity contribution in [2.24, 2.45) is 11.5 Å². The Bertz CT molecular complexity index is 897. The number of carbonyl (C=O) groups excluding carboxylic acids is 1. The first-order chi connectivity index (χ1) is 12.6. The number of phenols is 1. The van der Waals surface area contributed by atoms with Crippen molar-refractivity contribution < 1.29 is 9.90 Å². The Morgan fingerprint density at radius 3 is 2.43 bits per heavy atom. The van der Waals surface area contributed by atoms with Crippen LogP contribution in [-0.2, 0) is 0 Å². The van der Waals surface area contributed by atoms with Gasteiger partial charge in [0.05, 0.1) is 0 Å². The summed E-state index contributed by atoms with van der Waals surface area (Å²) in [5.74, 6) is 0.0638. The molecular formula is C20H26Cl2N4O2. The Hall–Kier alpha value is -2.25. The fraction of sp³-hybridized carbons (Fsp3) is 0.250. The molecule has 1 aromatic heterocycles. The standard InChI is InChI=1S/C20H24N4O2.2ClH/c21-9-1-2-16(22)12-23-20(26)19-11-15-4-3-14(10-18(15)24-19)13-5-7-17(25)8-6-13;;/h3-8,10-11,16,24-25H,1-2,9,12,21-22H2,(H,23,26);2*1H. The van der Waals surface area contributed by atoms with Crippen molar-refractivity contribution in [2.45, 2.75) is 18.9 Å². The Morgan fingerprint density at radius 1 is 1.07 bits per heavy atom. The molecule has 3 rings (SSSR count). The van der Waals surface area contributed by atoms with E-state index in [1.54, 1.807) is 12.1 Å². The van der Waals surface area contributed by atoms with Crippen LogP contribution in [0.15, 0.2) is 48.5 Å². The molecule has 152 valence electrons. The summed E-state index contributed by atoms with van der Waals surface area (Å²) in [6.07, 6.45) is 1.64. The number of benzene rings is 2. The largest absolute Gasteiger partial charge is 0.508 e. The van der Waals surface area contributed by atoms with Crippen molar-refractivity contribution in [3.8, 4) is 16.9 Å². The molecule has 0 bridgehead atoms. The van der Waals surface area contributed by atoms with Gasteiger partial charge in [-0.25, -0.2) is 0 Å². The number of nitrogens with one attached hydrogen (secondary N) is 2. The second-order valence-corrected chi connectivity index (χ2v) is 6.43. The van der Waals surface area contributed by atoms with Crippen LogP contribution in [0.5, 0.6) is 5.75 Å². The lowest BCUT2D eigenvalue weighted by Gasteiger charge is -2.11. The Kier molecular flexibility index (Phi) is 9.28. The number of amides is 1. The third kappa shape index (κ3) is 5.87. The monoisotopic (exact) mass is 424 g/mol. The van der Waals surface area contributed by atoms with Gasteiger partial charge in [-0.3, -0.25) is 4.79 Å². The second-order valence-electron chi connectivity index (χ2n) is 6.43. The summed E-state index contributed by atoms with van der Waals surface area (Å²) in [4.78, 5) is 15.5. The third-order valence-electron chi connectivity index (χ3n) is 4.37. The van der Waals surface area contributed by atoms with Gasteiger partial charge in [-0.1, -0.05) is 24.3 Å². The fourth-order valence-corrected chi connectivity index (χ4v) is 2.88. The zero-order valence-electron chi connectivity index (χ0n) is 15.4. The summed E-state index contributed by atoms with van der Waals surface area (Å²) in [6, 6.07) is 14.7.